The molecule has 0 saturated carbocycles. The topological polar surface area (TPSA) is 79.3 Å². The highest BCUT2D eigenvalue weighted by Crippen LogP contribution is 2.20. The van der Waals surface area contributed by atoms with Crippen LogP contribution >= 0.6 is 11.3 Å². The van der Waals surface area contributed by atoms with E-state index in [-0.39, 0.29) is 5.91 Å². The summed E-state index contributed by atoms with van der Waals surface area (Å²) in [5.74, 6) is -1.47. The average molecular weight is 340 g/mol. The van der Waals surface area contributed by atoms with Gasteiger partial charge < -0.3 is 10.4 Å². The lowest BCUT2D eigenvalue weighted by atomic mass is 10.0. The number of carboxylic acids is 1. The number of pyridine rings is 1. The Labute approximate surface area is 143 Å². The number of hydrogen-bond donors (Lipinski definition) is 2. The lowest BCUT2D eigenvalue weighted by Gasteiger charge is -2.08. The molecule has 6 heteroatoms. The van der Waals surface area contributed by atoms with Crippen LogP contribution in [0.5, 0.6) is 0 Å². The van der Waals surface area contributed by atoms with Crippen LogP contribution in [0.3, 0.4) is 0 Å². The molecular formula is C18H16N2O3S. The average Bonchev–Trinajstić information content (AvgIpc) is 3.04. The SMILES string of the molecule is CC(Cc1ccc(NC(=O)c2cnc3ccsc3c2)cc1)C(=O)O. The van der Waals surface area contributed by atoms with E-state index in [0.717, 1.165) is 15.8 Å². The van der Waals surface area contributed by atoms with Gasteiger partial charge in [-0.15, -0.1) is 11.3 Å². The van der Waals surface area contributed by atoms with Crippen molar-refractivity contribution in [2.24, 2.45) is 5.92 Å². The molecule has 2 N–H and O–H groups in total. The second-order valence-electron chi connectivity index (χ2n) is 5.62. The molecule has 5 nitrogen and oxygen atoms in total. The third-order valence-corrected chi connectivity index (χ3v) is 4.59. The number of carboxylic acid groups (broad SMARTS) is 1. The summed E-state index contributed by atoms with van der Waals surface area (Å²) in [7, 11) is 0. The van der Waals surface area contributed by atoms with Gasteiger partial charge in [0.2, 0.25) is 0 Å². The zero-order valence-electron chi connectivity index (χ0n) is 13.0. The quantitative estimate of drug-likeness (QED) is 0.740. The van der Waals surface area contributed by atoms with E-state index in [1.54, 1.807) is 36.6 Å². The molecule has 0 aliphatic rings. The predicted octanol–water partition coefficient (Wildman–Crippen LogP) is 3.81. The second-order valence-corrected chi connectivity index (χ2v) is 6.57. The summed E-state index contributed by atoms with van der Waals surface area (Å²) in [5, 5.41) is 13.7. The maximum Gasteiger partial charge on any atom is 0.306 e. The molecule has 1 aromatic carbocycles. The number of nitrogens with zero attached hydrogens (tertiary/aromatic N) is 1. The van der Waals surface area contributed by atoms with Crippen LogP contribution in [0.25, 0.3) is 10.2 Å². The number of thiophene rings is 1. The zero-order valence-corrected chi connectivity index (χ0v) is 13.8. The molecule has 1 atom stereocenters. The molecule has 3 aromatic rings. The number of aliphatic carboxylic acids is 1. The first-order chi connectivity index (χ1) is 11.5. The van der Waals surface area contributed by atoms with E-state index >= 15 is 0 Å². The number of benzene rings is 1. The molecule has 2 heterocycles. The molecule has 1 amide bonds. The van der Waals surface area contributed by atoms with Gasteiger partial charge >= 0.3 is 5.97 Å². The van der Waals surface area contributed by atoms with Crippen LogP contribution in [-0.4, -0.2) is 22.0 Å². The van der Waals surface area contributed by atoms with E-state index in [9.17, 15) is 9.59 Å². The number of nitrogens with one attached hydrogen (secondary N) is 1. The number of anilines is 1. The van der Waals surface area contributed by atoms with Crippen LogP contribution in [0.15, 0.2) is 48.0 Å². The lowest BCUT2D eigenvalue weighted by Crippen LogP contribution is -2.13. The van der Waals surface area contributed by atoms with Crippen molar-refractivity contribution in [2.45, 2.75) is 13.3 Å². The summed E-state index contributed by atoms with van der Waals surface area (Å²) in [4.78, 5) is 27.5. The largest absolute Gasteiger partial charge is 0.481 e. The Hall–Kier alpha value is -2.73. The fraction of sp³-hybridized carbons (Fsp3) is 0.167. The van der Waals surface area contributed by atoms with Gasteiger partial charge in [-0.1, -0.05) is 19.1 Å². The van der Waals surface area contributed by atoms with Gasteiger partial charge in [-0.3, -0.25) is 14.6 Å². The van der Waals surface area contributed by atoms with E-state index in [4.69, 9.17) is 5.11 Å². The maximum absolute atomic E-state index is 12.3. The van der Waals surface area contributed by atoms with Gasteiger partial charge in [0, 0.05) is 11.9 Å². The van der Waals surface area contributed by atoms with Crippen molar-refractivity contribution in [3.05, 3.63) is 59.1 Å². The van der Waals surface area contributed by atoms with Crippen LogP contribution in [0.1, 0.15) is 22.8 Å². The van der Waals surface area contributed by atoms with Gasteiger partial charge in [0.15, 0.2) is 0 Å². The first kappa shape index (κ1) is 16.1. The summed E-state index contributed by atoms with van der Waals surface area (Å²) >= 11 is 1.54. The Kier molecular flexibility index (Phi) is 4.57. The molecular weight excluding hydrogens is 324 g/mol. The Bertz CT molecular complexity index is 887. The fourth-order valence-corrected chi connectivity index (χ4v) is 3.12. The number of rotatable bonds is 5. The van der Waals surface area contributed by atoms with Crippen molar-refractivity contribution in [3.63, 3.8) is 0 Å². The van der Waals surface area contributed by atoms with Gasteiger partial charge in [0.25, 0.3) is 5.91 Å². The van der Waals surface area contributed by atoms with Crippen molar-refractivity contribution in [3.8, 4) is 0 Å². The minimum Gasteiger partial charge on any atom is -0.481 e. The molecule has 0 spiro atoms. The molecule has 0 radical (unpaired) electrons. The third-order valence-electron chi connectivity index (χ3n) is 3.74. The molecule has 0 aliphatic heterocycles. The van der Waals surface area contributed by atoms with E-state index < -0.39 is 11.9 Å². The Balaban J connectivity index is 1.68. The Morgan fingerprint density at radius 2 is 2.00 bits per heavy atom. The molecule has 1 unspecified atom stereocenters. The summed E-state index contributed by atoms with van der Waals surface area (Å²) in [6.07, 6.45) is 2.02. The van der Waals surface area contributed by atoms with Crippen molar-refractivity contribution in [1.29, 1.82) is 0 Å². The first-order valence-electron chi connectivity index (χ1n) is 7.49. The van der Waals surface area contributed by atoms with E-state index in [0.29, 0.717) is 17.7 Å². The second kappa shape index (κ2) is 6.80. The van der Waals surface area contributed by atoms with Crippen molar-refractivity contribution in [1.82, 2.24) is 4.98 Å². The summed E-state index contributed by atoms with van der Waals surface area (Å²) in [5.41, 5.74) is 2.98. The van der Waals surface area contributed by atoms with Crippen LogP contribution < -0.4 is 5.32 Å². The van der Waals surface area contributed by atoms with Crippen LogP contribution in [0.4, 0.5) is 5.69 Å². The van der Waals surface area contributed by atoms with Crippen LogP contribution in [0.2, 0.25) is 0 Å². The van der Waals surface area contributed by atoms with Gasteiger partial charge in [-0.25, -0.2) is 0 Å². The molecule has 0 saturated heterocycles. The minimum atomic E-state index is -0.816. The van der Waals surface area contributed by atoms with Crippen molar-refractivity contribution < 1.29 is 14.7 Å². The van der Waals surface area contributed by atoms with Crippen molar-refractivity contribution in [2.75, 3.05) is 5.32 Å². The predicted molar refractivity (Wildman–Crippen MR) is 94.5 cm³/mol. The number of amides is 1. The summed E-state index contributed by atoms with van der Waals surface area (Å²) < 4.78 is 0.973. The number of hydrogen-bond acceptors (Lipinski definition) is 4. The number of carbonyl (C=O) groups is 2. The highest BCUT2D eigenvalue weighted by atomic mass is 32.1. The van der Waals surface area contributed by atoms with Gasteiger partial charge in [0.1, 0.15) is 0 Å². The smallest absolute Gasteiger partial charge is 0.306 e. The molecule has 0 aliphatic carbocycles. The van der Waals surface area contributed by atoms with Gasteiger partial charge in [-0.05, 0) is 41.6 Å². The highest BCUT2D eigenvalue weighted by Gasteiger charge is 2.12. The number of fused-ring (bicyclic) bond motifs is 1. The standard InChI is InChI=1S/C18H16N2O3S/c1-11(18(22)23)8-12-2-4-14(5-3-12)20-17(21)13-9-16-15(19-10-13)6-7-24-16/h2-7,9-11H,8H2,1H3,(H,20,21)(H,22,23). The van der Waals surface area contributed by atoms with Crippen LogP contribution in [-0.2, 0) is 11.2 Å². The first-order valence-corrected chi connectivity index (χ1v) is 8.37. The number of aromatic nitrogens is 1. The van der Waals surface area contributed by atoms with E-state index in [2.05, 4.69) is 10.3 Å². The molecule has 2 aromatic heterocycles. The Morgan fingerprint density at radius 1 is 1.25 bits per heavy atom. The third kappa shape index (κ3) is 3.60. The van der Waals surface area contributed by atoms with Gasteiger partial charge in [0.05, 0.1) is 21.7 Å². The van der Waals surface area contributed by atoms with Crippen LogP contribution in [0, 0.1) is 5.92 Å². The van der Waals surface area contributed by atoms with E-state index in [1.165, 1.54) is 0 Å². The molecule has 0 fully saturated rings. The molecule has 3 rings (SSSR count). The minimum absolute atomic E-state index is 0.218. The summed E-state index contributed by atoms with van der Waals surface area (Å²) in [6, 6.07) is 11.0. The zero-order chi connectivity index (χ0) is 17.1. The van der Waals surface area contributed by atoms with Gasteiger partial charge in [-0.2, -0.15) is 0 Å². The summed E-state index contributed by atoms with van der Waals surface area (Å²) in [6.45, 7) is 1.67. The fourth-order valence-electron chi connectivity index (χ4n) is 2.34. The molecule has 24 heavy (non-hydrogen) atoms. The number of carbonyl (C=O) groups excluding carboxylic acids is 1. The molecule has 122 valence electrons. The Morgan fingerprint density at radius 3 is 2.71 bits per heavy atom. The highest BCUT2D eigenvalue weighted by molar-refractivity contribution is 7.17. The normalized spacial score (nSPS) is 12.0. The lowest BCUT2D eigenvalue weighted by molar-refractivity contribution is -0.141. The monoisotopic (exact) mass is 340 g/mol. The maximum atomic E-state index is 12.3. The van der Waals surface area contributed by atoms with E-state index in [1.807, 2.05) is 29.6 Å². The van der Waals surface area contributed by atoms with Crippen molar-refractivity contribution >= 4 is 39.1 Å². The molecule has 0 bridgehead atoms.